The standard InChI is InChI=1S/C20H26N2O2/c1-2-22-15-20(24)19(23)13-18(22)14-21-10-8-17(9-11-21)12-16-6-4-3-5-7-16/h3-7,13,15,17,24H,2,8-12,14H2,1H3. The van der Waals surface area contributed by atoms with Gasteiger partial charge in [-0.2, -0.15) is 0 Å². The van der Waals surface area contributed by atoms with Crippen LogP contribution in [0.15, 0.2) is 47.4 Å². The van der Waals surface area contributed by atoms with E-state index < -0.39 is 0 Å². The fourth-order valence-corrected chi connectivity index (χ4v) is 3.56. The number of rotatable bonds is 5. The molecule has 1 saturated heterocycles. The van der Waals surface area contributed by atoms with E-state index in [1.54, 1.807) is 12.3 Å². The Bertz CT molecular complexity index is 716. The molecule has 0 radical (unpaired) electrons. The molecule has 4 heteroatoms. The Morgan fingerprint density at radius 3 is 2.54 bits per heavy atom. The number of aromatic hydroxyl groups is 1. The smallest absolute Gasteiger partial charge is 0.223 e. The second-order valence-corrected chi connectivity index (χ2v) is 6.71. The van der Waals surface area contributed by atoms with Gasteiger partial charge in [-0.3, -0.25) is 9.69 Å². The molecule has 1 aliphatic heterocycles. The Hall–Kier alpha value is -2.07. The first kappa shape index (κ1) is 16.8. The summed E-state index contributed by atoms with van der Waals surface area (Å²) in [5, 5.41) is 9.59. The number of likely N-dealkylation sites (tertiary alicyclic amines) is 1. The average molecular weight is 326 g/mol. The van der Waals surface area contributed by atoms with E-state index in [0.29, 0.717) is 0 Å². The average Bonchev–Trinajstić information content (AvgIpc) is 2.60. The molecule has 128 valence electrons. The third kappa shape index (κ3) is 4.06. The van der Waals surface area contributed by atoms with Gasteiger partial charge in [0.15, 0.2) is 5.75 Å². The summed E-state index contributed by atoms with van der Waals surface area (Å²) >= 11 is 0. The first-order valence-electron chi connectivity index (χ1n) is 8.84. The summed E-state index contributed by atoms with van der Waals surface area (Å²) in [6.45, 7) is 5.70. The Morgan fingerprint density at radius 1 is 1.17 bits per heavy atom. The third-order valence-electron chi connectivity index (χ3n) is 5.00. The zero-order chi connectivity index (χ0) is 16.9. The highest BCUT2D eigenvalue weighted by Crippen LogP contribution is 2.22. The number of aromatic nitrogens is 1. The third-order valence-corrected chi connectivity index (χ3v) is 5.00. The van der Waals surface area contributed by atoms with Gasteiger partial charge >= 0.3 is 0 Å². The van der Waals surface area contributed by atoms with Gasteiger partial charge in [-0.1, -0.05) is 30.3 Å². The van der Waals surface area contributed by atoms with E-state index in [1.807, 2.05) is 11.5 Å². The molecule has 0 spiro atoms. The lowest BCUT2D eigenvalue weighted by atomic mass is 9.90. The van der Waals surface area contributed by atoms with Crippen molar-refractivity contribution in [2.75, 3.05) is 13.1 Å². The minimum atomic E-state index is -0.284. The minimum Gasteiger partial charge on any atom is -0.503 e. The number of hydrogen-bond acceptors (Lipinski definition) is 3. The van der Waals surface area contributed by atoms with Crippen molar-refractivity contribution in [3.05, 3.63) is 64.1 Å². The van der Waals surface area contributed by atoms with E-state index in [9.17, 15) is 9.90 Å². The van der Waals surface area contributed by atoms with Gasteiger partial charge in [0.25, 0.3) is 0 Å². The van der Waals surface area contributed by atoms with Crippen molar-refractivity contribution in [2.45, 2.75) is 39.3 Å². The Morgan fingerprint density at radius 2 is 1.88 bits per heavy atom. The SMILES string of the molecule is CCn1cc(O)c(=O)cc1CN1CCC(Cc2ccccc2)CC1. The van der Waals surface area contributed by atoms with Crippen LogP contribution in [-0.4, -0.2) is 27.7 Å². The van der Waals surface area contributed by atoms with Crippen LogP contribution < -0.4 is 5.43 Å². The van der Waals surface area contributed by atoms with Crippen LogP contribution >= 0.6 is 0 Å². The van der Waals surface area contributed by atoms with Gasteiger partial charge in [0.2, 0.25) is 5.43 Å². The van der Waals surface area contributed by atoms with Gasteiger partial charge in [-0.05, 0) is 50.8 Å². The van der Waals surface area contributed by atoms with E-state index in [-0.39, 0.29) is 11.2 Å². The van der Waals surface area contributed by atoms with Crippen LogP contribution in [0, 0.1) is 5.92 Å². The number of aryl methyl sites for hydroxylation is 1. The Labute approximate surface area is 143 Å². The van der Waals surface area contributed by atoms with Crippen LogP contribution in [0.4, 0.5) is 0 Å². The minimum absolute atomic E-state index is 0.165. The van der Waals surface area contributed by atoms with Crippen molar-refractivity contribution in [3.8, 4) is 5.75 Å². The van der Waals surface area contributed by atoms with Crippen LogP contribution in [0.25, 0.3) is 0 Å². The molecule has 0 bridgehead atoms. The number of hydrogen-bond donors (Lipinski definition) is 1. The summed E-state index contributed by atoms with van der Waals surface area (Å²) in [6.07, 6.45) is 5.11. The predicted molar refractivity (Wildman–Crippen MR) is 96.2 cm³/mol. The molecular weight excluding hydrogens is 300 g/mol. The van der Waals surface area contributed by atoms with Crippen molar-refractivity contribution >= 4 is 0 Å². The predicted octanol–water partition coefficient (Wildman–Crippen LogP) is 3.03. The summed E-state index contributed by atoms with van der Waals surface area (Å²) in [4.78, 5) is 14.1. The molecule has 0 atom stereocenters. The molecule has 1 N–H and O–H groups in total. The van der Waals surface area contributed by atoms with E-state index in [1.165, 1.54) is 18.4 Å². The quantitative estimate of drug-likeness (QED) is 0.918. The molecule has 4 nitrogen and oxygen atoms in total. The first-order valence-corrected chi connectivity index (χ1v) is 8.84. The summed E-state index contributed by atoms with van der Waals surface area (Å²) in [7, 11) is 0. The molecule has 1 fully saturated rings. The monoisotopic (exact) mass is 326 g/mol. The molecule has 24 heavy (non-hydrogen) atoms. The lowest BCUT2D eigenvalue weighted by Gasteiger charge is -2.32. The fraction of sp³-hybridized carbons (Fsp3) is 0.450. The number of nitrogens with zero attached hydrogens (tertiary/aromatic N) is 2. The highest BCUT2D eigenvalue weighted by molar-refractivity contribution is 5.20. The van der Waals surface area contributed by atoms with Crippen LogP contribution in [-0.2, 0) is 19.5 Å². The molecule has 1 aromatic heterocycles. The van der Waals surface area contributed by atoms with E-state index in [4.69, 9.17) is 0 Å². The molecule has 0 amide bonds. The van der Waals surface area contributed by atoms with Gasteiger partial charge in [0, 0.05) is 24.8 Å². The molecule has 2 heterocycles. The summed E-state index contributed by atoms with van der Waals surface area (Å²) in [5.41, 5.74) is 2.13. The first-order chi connectivity index (χ1) is 11.7. The maximum absolute atomic E-state index is 11.7. The number of pyridine rings is 1. The molecule has 1 aliphatic rings. The second kappa shape index (κ2) is 7.67. The van der Waals surface area contributed by atoms with Crippen molar-refractivity contribution in [3.63, 3.8) is 0 Å². The van der Waals surface area contributed by atoms with Gasteiger partial charge in [-0.25, -0.2) is 0 Å². The van der Waals surface area contributed by atoms with Crippen molar-refractivity contribution in [2.24, 2.45) is 5.92 Å². The Kier molecular flexibility index (Phi) is 5.36. The maximum atomic E-state index is 11.7. The molecule has 0 aliphatic carbocycles. The second-order valence-electron chi connectivity index (χ2n) is 6.71. The van der Waals surface area contributed by atoms with Crippen molar-refractivity contribution in [1.82, 2.24) is 9.47 Å². The molecule has 0 saturated carbocycles. The van der Waals surface area contributed by atoms with Gasteiger partial charge < -0.3 is 9.67 Å². The maximum Gasteiger partial charge on any atom is 0.223 e. The normalized spacial score (nSPS) is 16.4. The summed E-state index contributed by atoms with van der Waals surface area (Å²) in [6, 6.07) is 12.3. The molecule has 0 unspecified atom stereocenters. The highest BCUT2D eigenvalue weighted by atomic mass is 16.3. The van der Waals surface area contributed by atoms with Crippen LogP contribution in [0.2, 0.25) is 0 Å². The largest absolute Gasteiger partial charge is 0.503 e. The van der Waals surface area contributed by atoms with E-state index in [0.717, 1.165) is 44.2 Å². The van der Waals surface area contributed by atoms with Crippen LogP contribution in [0.3, 0.4) is 0 Å². The zero-order valence-corrected chi connectivity index (χ0v) is 14.3. The van der Waals surface area contributed by atoms with Crippen molar-refractivity contribution < 1.29 is 5.11 Å². The molecular formula is C20H26N2O2. The van der Waals surface area contributed by atoms with E-state index in [2.05, 4.69) is 35.2 Å². The zero-order valence-electron chi connectivity index (χ0n) is 14.3. The summed E-state index contributed by atoms with van der Waals surface area (Å²) < 4.78 is 1.97. The highest BCUT2D eigenvalue weighted by Gasteiger charge is 2.20. The molecule has 2 aromatic rings. The van der Waals surface area contributed by atoms with Gasteiger partial charge in [0.05, 0.1) is 6.20 Å². The lowest BCUT2D eigenvalue weighted by Crippen LogP contribution is -2.35. The van der Waals surface area contributed by atoms with Crippen molar-refractivity contribution in [1.29, 1.82) is 0 Å². The summed E-state index contributed by atoms with van der Waals surface area (Å²) in [5.74, 6) is 0.582. The fourth-order valence-electron chi connectivity index (χ4n) is 3.56. The van der Waals surface area contributed by atoms with Gasteiger partial charge in [-0.15, -0.1) is 0 Å². The number of piperidine rings is 1. The topological polar surface area (TPSA) is 45.5 Å². The lowest BCUT2D eigenvalue weighted by molar-refractivity contribution is 0.173. The van der Waals surface area contributed by atoms with Gasteiger partial charge in [0.1, 0.15) is 0 Å². The van der Waals surface area contributed by atoms with Crippen LogP contribution in [0.5, 0.6) is 5.75 Å². The molecule has 3 rings (SSSR count). The van der Waals surface area contributed by atoms with Crippen LogP contribution in [0.1, 0.15) is 31.0 Å². The number of benzene rings is 1. The van der Waals surface area contributed by atoms with E-state index >= 15 is 0 Å². The Balaban J connectivity index is 1.58. The molecule has 1 aromatic carbocycles.